The van der Waals surface area contributed by atoms with Gasteiger partial charge in [0.1, 0.15) is 5.75 Å². The van der Waals surface area contributed by atoms with Gasteiger partial charge >= 0.3 is 0 Å². The van der Waals surface area contributed by atoms with E-state index in [9.17, 15) is 0 Å². The van der Waals surface area contributed by atoms with Gasteiger partial charge in [-0.25, -0.2) is 0 Å². The van der Waals surface area contributed by atoms with Crippen LogP contribution in [0.5, 0.6) is 5.75 Å². The van der Waals surface area contributed by atoms with Crippen LogP contribution in [-0.2, 0) is 0 Å². The standard InChI is InChI=1S/C10H12ClIO/c11-9-3-5-10(6-4-9)13-8-2-1-7-12/h3-6H,1-2,7-8H2. The Bertz CT molecular complexity index is 235. The first-order valence-electron chi connectivity index (χ1n) is 4.27. The summed E-state index contributed by atoms with van der Waals surface area (Å²) < 4.78 is 6.70. The van der Waals surface area contributed by atoms with Gasteiger partial charge in [0, 0.05) is 5.02 Å². The van der Waals surface area contributed by atoms with Crippen LogP contribution in [-0.4, -0.2) is 11.0 Å². The first-order valence-corrected chi connectivity index (χ1v) is 6.17. The SMILES string of the molecule is Clc1ccc(OCCCCI)cc1. The van der Waals surface area contributed by atoms with Crippen LogP contribution in [0.1, 0.15) is 12.8 Å². The number of unbranched alkanes of at least 4 members (excludes halogenated alkanes) is 1. The third-order valence-electron chi connectivity index (χ3n) is 1.61. The van der Waals surface area contributed by atoms with E-state index in [0.29, 0.717) is 0 Å². The molecule has 0 aromatic heterocycles. The van der Waals surface area contributed by atoms with Crippen molar-refractivity contribution >= 4 is 34.2 Å². The van der Waals surface area contributed by atoms with Gasteiger partial charge in [0.2, 0.25) is 0 Å². The lowest BCUT2D eigenvalue weighted by Crippen LogP contribution is -1.96. The lowest BCUT2D eigenvalue weighted by molar-refractivity contribution is 0.310. The molecule has 1 nitrogen and oxygen atoms in total. The number of hydrogen-bond donors (Lipinski definition) is 0. The van der Waals surface area contributed by atoms with Gasteiger partial charge in [-0.2, -0.15) is 0 Å². The molecule has 0 heterocycles. The molecule has 0 bridgehead atoms. The van der Waals surface area contributed by atoms with Crippen molar-refractivity contribution in [2.24, 2.45) is 0 Å². The van der Waals surface area contributed by atoms with Gasteiger partial charge in [-0.3, -0.25) is 0 Å². The summed E-state index contributed by atoms with van der Waals surface area (Å²) in [6, 6.07) is 7.48. The van der Waals surface area contributed by atoms with Crippen molar-refractivity contribution < 1.29 is 4.74 Å². The zero-order chi connectivity index (χ0) is 9.52. The van der Waals surface area contributed by atoms with Crippen molar-refractivity contribution in [1.29, 1.82) is 0 Å². The molecule has 0 atom stereocenters. The average Bonchev–Trinajstić information content (AvgIpc) is 2.15. The number of benzene rings is 1. The molecular weight excluding hydrogens is 298 g/mol. The van der Waals surface area contributed by atoms with Crippen molar-refractivity contribution in [3.8, 4) is 5.75 Å². The Morgan fingerprint density at radius 3 is 2.46 bits per heavy atom. The van der Waals surface area contributed by atoms with Crippen molar-refractivity contribution in [2.75, 3.05) is 11.0 Å². The summed E-state index contributed by atoms with van der Waals surface area (Å²) >= 11 is 8.11. The fourth-order valence-electron chi connectivity index (χ4n) is 0.917. The van der Waals surface area contributed by atoms with Gasteiger partial charge in [0.25, 0.3) is 0 Å². The lowest BCUT2D eigenvalue weighted by atomic mass is 10.3. The molecule has 13 heavy (non-hydrogen) atoms. The second kappa shape index (κ2) is 6.49. The van der Waals surface area contributed by atoms with Crippen LogP contribution >= 0.6 is 34.2 Å². The van der Waals surface area contributed by atoms with E-state index in [1.807, 2.05) is 24.3 Å². The molecule has 0 unspecified atom stereocenters. The van der Waals surface area contributed by atoms with Crippen LogP contribution in [0, 0.1) is 0 Å². The van der Waals surface area contributed by atoms with E-state index in [4.69, 9.17) is 16.3 Å². The first-order chi connectivity index (χ1) is 6.33. The molecule has 0 radical (unpaired) electrons. The first kappa shape index (κ1) is 11.1. The van der Waals surface area contributed by atoms with E-state index in [0.717, 1.165) is 23.8 Å². The van der Waals surface area contributed by atoms with Gasteiger partial charge in [-0.15, -0.1) is 0 Å². The smallest absolute Gasteiger partial charge is 0.119 e. The number of alkyl halides is 1. The maximum atomic E-state index is 5.74. The van der Waals surface area contributed by atoms with Gasteiger partial charge < -0.3 is 4.74 Å². The summed E-state index contributed by atoms with van der Waals surface area (Å²) in [7, 11) is 0. The molecule has 0 aliphatic carbocycles. The Labute approximate surface area is 97.6 Å². The number of hydrogen-bond acceptors (Lipinski definition) is 1. The van der Waals surface area contributed by atoms with Gasteiger partial charge in [-0.1, -0.05) is 34.2 Å². The molecule has 3 heteroatoms. The monoisotopic (exact) mass is 310 g/mol. The van der Waals surface area contributed by atoms with Crippen LogP contribution in [0.2, 0.25) is 5.02 Å². The van der Waals surface area contributed by atoms with Crippen LogP contribution in [0.4, 0.5) is 0 Å². The summed E-state index contributed by atoms with van der Waals surface area (Å²) in [5.74, 6) is 0.901. The topological polar surface area (TPSA) is 9.23 Å². The molecule has 0 aliphatic rings. The van der Waals surface area contributed by atoms with E-state index < -0.39 is 0 Å². The second-order valence-electron chi connectivity index (χ2n) is 2.70. The van der Waals surface area contributed by atoms with E-state index in [1.54, 1.807) is 0 Å². The Balaban J connectivity index is 2.25. The normalized spacial score (nSPS) is 10.0. The van der Waals surface area contributed by atoms with Crippen molar-refractivity contribution in [1.82, 2.24) is 0 Å². The summed E-state index contributed by atoms with van der Waals surface area (Å²) in [5, 5.41) is 0.750. The van der Waals surface area contributed by atoms with Crippen LogP contribution in [0.15, 0.2) is 24.3 Å². The fourth-order valence-corrected chi connectivity index (χ4v) is 1.58. The highest BCUT2D eigenvalue weighted by Gasteiger charge is 1.92. The van der Waals surface area contributed by atoms with Crippen LogP contribution < -0.4 is 4.74 Å². The van der Waals surface area contributed by atoms with Gasteiger partial charge in [0.15, 0.2) is 0 Å². The highest BCUT2D eigenvalue weighted by Crippen LogP contribution is 2.15. The summed E-state index contributed by atoms with van der Waals surface area (Å²) in [5.41, 5.74) is 0. The Hall–Kier alpha value is 0.0400. The molecule has 0 N–H and O–H groups in total. The molecule has 0 saturated carbocycles. The molecule has 0 fully saturated rings. The maximum Gasteiger partial charge on any atom is 0.119 e. The zero-order valence-electron chi connectivity index (χ0n) is 7.30. The number of ether oxygens (including phenoxy) is 1. The summed E-state index contributed by atoms with van der Waals surface area (Å²) in [6.07, 6.45) is 2.33. The fraction of sp³-hybridized carbons (Fsp3) is 0.400. The molecule has 1 rings (SSSR count). The highest BCUT2D eigenvalue weighted by atomic mass is 127. The number of halogens is 2. The zero-order valence-corrected chi connectivity index (χ0v) is 10.2. The Morgan fingerprint density at radius 1 is 1.15 bits per heavy atom. The van der Waals surface area contributed by atoms with Crippen molar-refractivity contribution in [2.45, 2.75) is 12.8 Å². The van der Waals surface area contributed by atoms with Crippen molar-refractivity contribution in [3.05, 3.63) is 29.3 Å². The molecule has 1 aromatic rings. The molecular formula is C10H12ClIO. The Kier molecular flexibility index (Phi) is 5.55. The molecule has 0 amide bonds. The summed E-state index contributed by atoms with van der Waals surface area (Å²) in [4.78, 5) is 0. The summed E-state index contributed by atoms with van der Waals surface area (Å²) in [6.45, 7) is 0.796. The molecule has 0 aliphatic heterocycles. The minimum atomic E-state index is 0.750. The van der Waals surface area contributed by atoms with E-state index in [-0.39, 0.29) is 0 Å². The highest BCUT2D eigenvalue weighted by molar-refractivity contribution is 14.1. The predicted molar refractivity (Wildman–Crippen MR) is 65.1 cm³/mol. The second-order valence-corrected chi connectivity index (χ2v) is 4.21. The van der Waals surface area contributed by atoms with E-state index in [1.165, 1.54) is 10.8 Å². The van der Waals surface area contributed by atoms with Crippen LogP contribution in [0.3, 0.4) is 0 Å². The third kappa shape index (κ3) is 4.72. The molecule has 0 spiro atoms. The lowest BCUT2D eigenvalue weighted by Gasteiger charge is -2.04. The largest absolute Gasteiger partial charge is 0.494 e. The van der Waals surface area contributed by atoms with Gasteiger partial charge in [0.05, 0.1) is 6.61 Å². The predicted octanol–water partition coefficient (Wildman–Crippen LogP) is 3.93. The quantitative estimate of drug-likeness (QED) is 0.455. The maximum absolute atomic E-state index is 5.74. The number of rotatable bonds is 5. The minimum Gasteiger partial charge on any atom is -0.494 e. The third-order valence-corrected chi connectivity index (χ3v) is 2.63. The van der Waals surface area contributed by atoms with Crippen molar-refractivity contribution in [3.63, 3.8) is 0 Å². The Morgan fingerprint density at radius 2 is 1.85 bits per heavy atom. The molecule has 1 aromatic carbocycles. The van der Waals surface area contributed by atoms with E-state index in [2.05, 4.69) is 22.6 Å². The minimum absolute atomic E-state index is 0.750. The van der Waals surface area contributed by atoms with Crippen LogP contribution in [0.25, 0.3) is 0 Å². The molecule has 72 valence electrons. The molecule has 0 saturated heterocycles. The average molecular weight is 311 g/mol. The van der Waals surface area contributed by atoms with E-state index >= 15 is 0 Å². The van der Waals surface area contributed by atoms with Gasteiger partial charge in [-0.05, 0) is 41.5 Å².